The van der Waals surface area contributed by atoms with E-state index >= 15 is 0 Å². The van der Waals surface area contributed by atoms with Gasteiger partial charge in [0.1, 0.15) is 0 Å². The Labute approximate surface area is 198 Å². The van der Waals surface area contributed by atoms with Crippen molar-refractivity contribution in [3.8, 4) is 0 Å². The summed E-state index contributed by atoms with van der Waals surface area (Å²) in [5.74, 6) is -0.460. The topological polar surface area (TPSA) is 83.4 Å². The van der Waals surface area contributed by atoms with Gasteiger partial charge in [0.2, 0.25) is 0 Å². The highest BCUT2D eigenvalue weighted by atomic mass is 79.9. The van der Waals surface area contributed by atoms with Crippen molar-refractivity contribution < 1.29 is 14.0 Å². The fraction of sp³-hybridized carbons (Fsp3) is 0.0417. The second-order valence-electron chi connectivity index (χ2n) is 7.01. The van der Waals surface area contributed by atoms with Crippen LogP contribution in [0.3, 0.4) is 0 Å². The highest BCUT2D eigenvalue weighted by molar-refractivity contribution is 9.10. The van der Waals surface area contributed by atoms with Gasteiger partial charge in [-0.1, -0.05) is 46.3 Å². The van der Waals surface area contributed by atoms with Gasteiger partial charge in [-0.05, 0) is 71.9 Å². The van der Waals surface area contributed by atoms with E-state index in [4.69, 9.17) is 16.6 Å². The minimum atomic E-state index is -0.359. The van der Waals surface area contributed by atoms with Gasteiger partial charge < -0.3 is 15.1 Å². The Morgan fingerprint density at radius 3 is 2.47 bits per heavy atom. The summed E-state index contributed by atoms with van der Waals surface area (Å²) in [7, 11) is 0. The average Bonchev–Trinajstić information content (AvgIpc) is 3.31. The molecule has 6 nitrogen and oxygen atoms in total. The second kappa shape index (κ2) is 9.33. The molecule has 1 aromatic heterocycles. The van der Waals surface area contributed by atoms with E-state index < -0.39 is 0 Å². The van der Waals surface area contributed by atoms with Gasteiger partial charge in [-0.3, -0.25) is 14.9 Å². The zero-order chi connectivity index (χ0) is 22.7. The highest BCUT2D eigenvalue weighted by Gasteiger charge is 2.14. The molecule has 3 N–H and O–H groups in total. The summed E-state index contributed by atoms with van der Waals surface area (Å²) in [6.07, 6.45) is 1.44. The van der Waals surface area contributed by atoms with E-state index in [1.165, 1.54) is 6.26 Å². The summed E-state index contributed by atoms with van der Waals surface area (Å²) in [5.41, 5.74) is 2.64. The molecule has 160 valence electrons. The van der Waals surface area contributed by atoms with Crippen LogP contribution in [0.15, 0.2) is 81.9 Å². The molecule has 8 heteroatoms. The molecule has 2 amide bonds. The standard InChI is InChI=1S/C24H18BrN3O3S/c1-14-10-11-15(26-23(30)21-9-4-12-31-21)13-20(14)27-24(32)28-22(29)18-7-2-6-17-16(18)5-3-8-19(17)25/h2-13H,1H3,(H,26,30)(H2,27,28,29,32). The molecule has 0 fully saturated rings. The smallest absolute Gasteiger partial charge is 0.291 e. The van der Waals surface area contributed by atoms with Crippen LogP contribution in [-0.2, 0) is 0 Å². The molecular weight excluding hydrogens is 490 g/mol. The third-order valence-corrected chi connectivity index (χ3v) is 5.72. The molecule has 0 radical (unpaired) electrons. The quantitative estimate of drug-likeness (QED) is 0.300. The molecule has 4 aromatic rings. The monoisotopic (exact) mass is 507 g/mol. The first-order valence-corrected chi connectivity index (χ1v) is 10.9. The number of aryl methyl sites for hydroxylation is 1. The van der Waals surface area contributed by atoms with E-state index in [9.17, 15) is 9.59 Å². The normalized spacial score (nSPS) is 10.6. The maximum Gasteiger partial charge on any atom is 0.291 e. The Bertz CT molecular complexity index is 1340. The molecule has 1 heterocycles. The van der Waals surface area contributed by atoms with E-state index in [2.05, 4.69) is 31.9 Å². The number of carbonyl (C=O) groups is 2. The zero-order valence-corrected chi connectivity index (χ0v) is 19.3. The van der Waals surface area contributed by atoms with Gasteiger partial charge in [-0.25, -0.2) is 0 Å². The van der Waals surface area contributed by atoms with E-state index in [1.807, 2.05) is 43.3 Å². The molecular formula is C24H18BrN3O3S. The first-order chi connectivity index (χ1) is 15.4. The van der Waals surface area contributed by atoms with Crippen LogP contribution in [0.25, 0.3) is 10.8 Å². The van der Waals surface area contributed by atoms with Gasteiger partial charge in [-0.15, -0.1) is 0 Å². The molecule has 3 aromatic carbocycles. The van der Waals surface area contributed by atoms with Crippen molar-refractivity contribution in [1.29, 1.82) is 0 Å². The van der Waals surface area contributed by atoms with E-state index in [1.54, 1.807) is 30.3 Å². The van der Waals surface area contributed by atoms with Gasteiger partial charge in [0, 0.05) is 21.4 Å². The van der Waals surface area contributed by atoms with Crippen molar-refractivity contribution in [2.24, 2.45) is 0 Å². The third kappa shape index (κ3) is 4.71. The predicted octanol–water partition coefficient (Wildman–Crippen LogP) is 5.88. The number of carbonyl (C=O) groups excluding carboxylic acids is 2. The number of halogens is 1. The van der Waals surface area contributed by atoms with Crippen molar-refractivity contribution in [3.63, 3.8) is 0 Å². The molecule has 0 aliphatic carbocycles. The molecule has 32 heavy (non-hydrogen) atoms. The number of hydrogen-bond donors (Lipinski definition) is 3. The fourth-order valence-corrected chi connectivity index (χ4v) is 3.93. The Kier molecular flexibility index (Phi) is 6.34. The molecule has 0 aliphatic heterocycles. The summed E-state index contributed by atoms with van der Waals surface area (Å²) in [6.45, 7) is 1.90. The number of hydrogen-bond acceptors (Lipinski definition) is 4. The van der Waals surface area contributed by atoms with Gasteiger partial charge in [-0.2, -0.15) is 0 Å². The van der Waals surface area contributed by atoms with Crippen LogP contribution in [0.5, 0.6) is 0 Å². The molecule has 0 saturated heterocycles. The average molecular weight is 508 g/mol. The first kappa shape index (κ1) is 21.7. The SMILES string of the molecule is Cc1ccc(NC(=O)c2ccco2)cc1NC(=S)NC(=O)c1cccc2c(Br)cccc12. The van der Waals surface area contributed by atoms with Crippen molar-refractivity contribution in [2.75, 3.05) is 10.6 Å². The number of rotatable bonds is 4. The Morgan fingerprint density at radius 2 is 1.69 bits per heavy atom. The molecule has 0 saturated carbocycles. The van der Waals surface area contributed by atoms with Gasteiger partial charge in [0.25, 0.3) is 11.8 Å². The number of amides is 2. The van der Waals surface area contributed by atoms with Crippen LogP contribution in [0, 0.1) is 6.92 Å². The van der Waals surface area contributed by atoms with Gasteiger partial charge in [0.05, 0.1) is 6.26 Å². The van der Waals surface area contributed by atoms with Crippen molar-refractivity contribution in [2.45, 2.75) is 6.92 Å². The molecule has 0 bridgehead atoms. The Balaban J connectivity index is 1.48. The van der Waals surface area contributed by atoms with Crippen LogP contribution in [0.4, 0.5) is 11.4 Å². The van der Waals surface area contributed by atoms with E-state index in [0.29, 0.717) is 16.9 Å². The largest absolute Gasteiger partial charge is 0.459 e. The van der Waals surface area contributed by atoms with Crippen molar-refractivity contribution >= 4 is 67.2 Å². The highest BCUT2D eigenvalue weighted by Crippen LogP contribution is 2.26. The van der Waals surface area contributed by atoms with E-state index in [0.717, 1.165) is 20.8 Å². The lowest BCUT2D eigenvalue weighted by Gasteiger charge is -2.14. The third-order valence-electron chi connectivity index (χ3n) is 4.83. The summed E-state index contributed by atoms with van der Waals surface area (Å²) >= 11 is 8.88. The van der Waals surface area contributed by atoms with Crippen molar-refractivity contribution in [1.82, 2.24) is 5.32 Å². The summed E-state index contributed by atoms with van der Waals surface area (Å²) in [5, 5.41) is 10.4. The lowest BCUT2D eigenvalue weighted by atomic mass is 10.0. The lowest BCUT2D eigenvalue weighted by molar-refractivity contribution is 0.0976. The minimum absolute atomic E-state index is 0.152. The number of nitrogens with one attached hydrogen (secondary N) is 3. The first-order valence-electron chi connectivity index (χ1n) is 9.67. The summed E-state index contributed by atoms with van der Waals surface area (Å²) < 4.78 is 6.02. The maximum atomic E-state index is 12.9. The molecule has 0 unspecified atom stereocenters. The number of fused-ring (bicyclic) bond motifs is 1. The summed E-state index contributed by atoms with van der Waals surface area (Å²) in [4.78, 5) is 25.1. The lowest BCUT2D eigenvalue weighted by Crippen LogP contribution is -2.34. The van der Waals surface area contributed by atoms with Crippen LogP contribution in [-0.4, -0.2) is 16.9 Å². The number of thiocarbonyl (C=S) groups is 1. The second-order valence-corrected chi connectivity index (χ2v) is 8.27. The summed E-state index contributed by atoms with van der Waals surface area (Å²) in [6, 6.07) is 19.8. The number of anilines is 2. The zero-order valence-electron chi connectivity index (χ0n) is 16.9. The van der Waals surface area contributed by atoms with Gasteiger partial charge in [0.15, 0.2) is 10.9 Å². The number of furan rings is 1. The van der Waals surface area contributed by atoms with Gasteiger partial charge >= 0.3 is 0 Å². The molecule has 0 aliphatic rings. The van der Waals surface area contributed by atoms with Crippen LogP contribution < -0.4 is 16.0 Å². The molecule has 0 spiro atoms. The van der Waals surface area contributed by atoms with Crippen LogP contribution in [0.1, 0.15) is 26.5 Å². The maximum absolute atomic E-state index is 12.9. The fourth-order valence-electron chi connectivity index (χ4n) is 3.23. The van der Waals surface area contributed by atoms with Crippen LogP contribution in [0.2, 0.25) is 0 Å². The Morgan fingerprint density at radius 1 is 0.906 bits per heavy atom. The Hall–Kier alpha value is -3.49. The molecule has 0 atom stereocenters. The minimum Gasteiger partial charge on any atom is -0.459 e. The number of benzene rings is 3. The van der Waals surface area contributed by atoms with Crippen LogP contribution >= 0.6 is 28.1 Å². The predicted molar refractivity (Wildman–Crippen MR) is 133 cm³/mol. The van der Waals surface area contributed by atoms with E-state index in [-0.39, 0.29) is 22.7 Å². The van der Waals surface area contributed by atoms with Crippen molar-refractivity contribution in [3.05, 3.63) is 94.4 Å². The molecule has 4 rings (SSSR count).